The molecule has 0 radical (unpaired) electrons. The van der Waals surface area contributed by atoms with E-state index in [0.29, 0.717) is 34.6 Å². The number of aromatic nitrogens is 2. The number of anilines is 1. The molecule has 1 heterocycles. The number of para-hydroxylation sites is 4. The molecule has 0 fully saturated rings. The lowest BCUT2D eigenvalue weighted by Gasteiger charge is -2.29. The Labute approximate surface area is 198 Å². The van der Waals surface area contributed by atoms with Crippen molar-refractivity contribution in [1.82, 2.24) is 14.5 Å². The van der Waals surface area contributed by atoms with Gasteiger partial charge in [-0.15, -0.1) is 0 Å². The second-order valence-corrected chi connectivity index (χ2v) is 8.08. The summed E-state index contributed by atoms with van der Waals surface area (Å²) < 4.78 is 7.12. The number of nitrogens with zero attached hydrogens (tertiary/aromatic N) is 3. The Kier molecular flexibility index (Phi) is 6.63. The van der Waals surface area contributed by atoms with Crippen LogP contribution >= 0.6 is 0 Å². The van der Waals surface area contributed by atoms with Gasteiger partial charge in [0, 0.05) is 12.7 Å². The number of urea groups is 1. The molecule has 0 saturated carbocycles. The van der Waals surface area contributed by atoms with Crippen molar-refractivity contribution in [3.63, 3.8) is 0 Å². The smallest absolute Gasteiger partial charge is 0.322 e. The van der Waals surface area contributed by atoms with Crippen LogP contribution in [-0.4, -0.2) is 34.6 Å². The van der Waals surface area contributed by atoms with E-state index < -0.39 is 6.04 Å². The van der Waals surface area contributed by atoms with Crippen LogP contribution in [0.1, 0.15) is 30.8 Å². The van der Waals surface area contributed by atoms with Crippen LogP contribution in [0.3, 0.4) is 0 Å². The van der Waals surface area contributed by atoms with Gasteiger partial charge in [0.15, 0.2) is 0 Å². The molecule has 4 aromatic rings. The van der Waals surface area contributed by atoms with Crippen molar-refractivity contribution in [2.75, 3.05) is 19.5 Å². The van der Waals surface area contributed by atoms with Gasteiger partial charge in [-0.25, -0.2) is 9.78 Å². The van der Waals surface area contributed by atoms with Gasteiger partial charge in [0.1, 0.15) is 11.6 Å². The van der Waals surface area contributed by atoms with Gasteiger partial charge in [-0.05, 0) is 49.2 Å². The number of ether oxygens (including phenoxy) is 1. The van der Waals surface area contributed by atoms with Gasteiger partial charge in [0.2, 0.25) is 0 Å². The van der Waals surface area contributed by atoms with E-state index in [0.717, 1.165) is 11.3 Å². The van der Waals surface area contributed by atoms with E-state index in [2.05, 4.69) is 5.32 Å². The molecule has 7 heteroatoms. The van der Waals surface area contributed by atoms with E-state index in [-0.39, 0.29) is 11.6 Å². The van der Waals surface area contributed by atoms with Crippen LogP contribution in [-0.2, 0) is 0 Å². The summed E-state index contributed by atoms with van der Waals surface area (Å²) >= 11 is 0. The highest BCUT2D eigenvalue weighted by Crippen LogP contribution is 2.29. The third kappa shape index (κ3) is 4.24. The third-order valence-corrected chi connectivity index (χ3v) is 5.99. The fourth-order valence-electron chi connectivity index (χ4n) is 4.11. The highest BCUT2D eigenvalue weighted by Gasteiger charge is 2.27. The fraction of sp³-hybridized carbons (Fsp3) is 0.222. The summed E-state index contributed by atoms with van der Waals surface area (Å²) in [6, 6.07) is 21.4. The number of hydrogen-bond acceptors (Lipinski definition) is 4. The molecule has 0 aliphatic heterocycles. The Morgan fingerprint density at radius 2 is 1.74 bits per heavy atom. The Morgan fingerprint density at radius 1 is 1.06 bits per heavy atom. The summed E-state index contributed by atoms with van der Waals surface area (Å²) in [6.45, 7) is 3.91. The monoisotopic (exact) mass is 456 g/mol. The molecular weight excluding hydrogens is 428 g/mol. The summed E-state index contributed by atoms with van der Waals surface area (Å²) in [6.07, 6.45) is 0.553. The lowest BCUT2D eigenvalue weighted by Crippen LogP contribution is -2.38. The van der Waals surface area contributed by atoms with Crippen molar-refractivity contribution in [3.05, 3.63) is 94.5 Å². The van der Waals surface area contributed by atoms with Crippen LogP contribution in [0.25, 0.3) is 16.6 Å². The van der Waals surface area contributed by atoms with Gasteiger partial charge < -0.3 is 15.0 Å². The van der Waals surface area contributed by atoms with E-state index >= 15 is 0 Å². The maximum absolute atomic E-state index is 13.7. The van der Waals surface area contributed by atoms with Gasteiger partial charge in [-0.1, -0.05) is 49.4 Å². The average Bonchev–Trinajstić information content (AvgIpc) is 2.86. The lowest BCUT2D eigenvalue weighted by molar-refractivity contribution is 0.199. The fourth-order valence-corrected chi connectivity index (χ4v) is 4.11. The first-order valence-corrected chi connectivity index (χ1v) is 11.2. The number of aryl methyl sites for hydroxylation is 1. The molecule has 0 aliphatic rings. The molecule has 1 aromatic heterocycles. The standard InChI is InChI=1S/C27H28N4O3/c1-5-22(30(3)27(33)29-20-14-8-6-12-18(20)2)25-28-21-15-9-7-13-19(21)26(32)31(25)23-16-10-11-17-24(23)34-4/h6-17,22H,5H2,1-4H3,(H,29,33). The average molecular weight is 457 g/mol. The Bertz CT molecular complexity index is 1400. The predicted molar refractivity (Wildman–Crippen MR) is 135 cm³/mol. The first-order valence-electron chi connectivity index (χ1n) is 11.2. The van der Waals surface area contributed by atoms with E-state index in [1.165, 1.54) is 0 Å². The number of nitrogens with one attached hydrogen (secondary N) is 1. The Morgan fingerprint density at radius 3 is 2.47 bits per heavy atom. The van der Waals surface area contributed by atoms with Crippen LogP contribution in [0.15, 0.2) is 77.6 Å². The van der Waals surface area contributed by atoms with Gasteiger partial charge in [0.25, 0.3) is 5.56 Å². The van der Waals surface area contributed by atoms with Crippen molar-refractivity contribution in [2.45, 2.75) is 26.3 Å². The largest absolute Gasteiger partial charge is 0.495 e. The van der Waals surface area contributed by atoms with Gasteiger partial charge in [-0.3, -0.25) is 9.36 Å². The molecule has 2 amide bonds. The summed E-state index contributed by atoms with van der Waals surface area (Å²) in [5.41, 5.74) is 2.65. The van der Waals surface area contributed by atoms with Crippen LogP contribution in [0.4, 0.5) is 10.5 Å². The summed E-state index contributed by atoms with van der Waals surface area (Å²) in [5, 5.41) is 3.47. The molecule has 0 saturated heterocycles. The minimum Gasteiger partial charge on any atom is -0.495 e. The van der Waals surface area contributed by atoms with E-state index in [9.17, 15) is 9.59 Å². The maximum atomic E-state index is 13.7. The molecule has 174 valence electrons. The zero-order chi connectivity index (χ0) is 24.2. The highest BCUT2D eigenvalue weighted by molar-refractivity contribution is 5.90. The number of carbonyl (C=O) groups excluding carboxylic acids is 1. The molecule has 3 aromatic carbocycles. The Balaban J connectivity index is 1.86. The second kappa shape index (κ2) is 9.79. The van der Waals surface area contributed by atoms with Crippen LogP contribution in [0, 0.1) is 6.92 Å². The van der Waals surface area contributed by atoms with Gasteiger partial charge in [0.05, 0.1) is 29.7 Å². The van der Waals surface area contributed by atoms with Gasteiger partial charge >= 0.3 is 6.03 Å². The number of hydrogen-bond donors (Lipinski definition) is 1. The van der Waals surface area contributed by atoms with E-state index in [1.54, 1.807) is 35.8 Å². The van der Waals surface area contributed by atoms with Crippen molar-refractivity contribution < 1.29 is 9.53 Å². The number of carbonyl (C=O) groups is 1. The molecule has 34 heavy (non-hydrogen) atoms. The Hall–Kier alpha value is -4.13. The number of amides is 2. The van der Waals surface area contributed by atoms with Crippen LogP contribution in [0.2, 0.25) is 0 Å². The normalized spacial score (nSPS) is 11.8. The zero-order valence-electron chi connectivity index (χ0n) is 19.8. The van der Waals surface area contributed by atoms with E-state index in [4.69, 9.17) is 9.72 Å². The molecule has 4 rings (SSSR count). The van der Waals surface area contributed by atoms with Crippen molar-refractivity contribution in [2.24, 2.45) is 0 Å². The minimum absolute atomic E-state index is 0.212. The van der Waals surface area contributed by atoms with Gasteiger partial charge in [-0.2, -0.15) is 0 Å². The first kappa shape index (κ1) is 23.0. The van der Waals surface area contributed by atoms with Crippen LogP contribution in [0.5, 0.6) is 5.75 Å². The number of fused-ring (bicyclic) bond motifs is 1. The minimum atomic E-state index is -0.466. The summed E-state index contributed by atoms with van der Waals surface area (Å²) in [5.74, 6) is 1.02. The number of benzene rings is 3. The zero-order valence-corrected chi connectivity index (χ0v) is 19.8. The molecule has 0 spiro atoms. The summed E-state index contributed by atoms with van der Waals surface area (Å²) in [7, 11) is 3.28. The SMILES string of the molecule is CCC(c1nc2ccccc2c(=O)n1-c1ccccc1OC)N(C)C(=O)Nc1ccccc1C. The van der Waals surface area contributed by atoms with E-state index in [1.807, 2.05) is 74.5 Å². The molecular formula is C27H28N4O3. The quantitative estimate of drug-likeness (QED) is 0.426. The highest BCUT2D eigenvalue weighted by atomic mass is 16.5. The lowest BCUT2D eigenvalue weighted by atomic mass is 10.1. The molecule has 1 N–H and O–H groups in total. The molecule has 0 bridgehead atoms. The van der Waals surface area contributed by atoms with Crippen molar-refractivity contribution >= 4 is 22.6 Å². The number of methoxy groups -OCH3 is 1. The summed E-state index contributed by atoms with van der Waals surface area (Å²) in [4.78, 5) is 33.4. The number of rotatable bonds is 6. The second-order valence-electron chi connectivity index (χ2n) is 8.08. The third-order valence-electron chi connectivity index (χ3n) is 5.99. The predicted octanol–water partition coefficient (Wildman–Crippen LogP) is 5.32. The molecule has 1 atom stereocenters. The van der Waals surface area contributed by atoms with Crippen molar-refractivity contribution in [1.29, 1.82) is 0 Å². The first-order chi connectivity index (χ1) is 16.5. The van der Waals surface area contributed by atoms with Crippen molar-refractivity contribution in [3.8, 4) is 11.4 Å². The molecule has 7 nitrogen and oxygen atoms in total. The molecule has 0 aliphatic carbocycles. The maximum Gasteiger partial charge on any atom is 0.322 e. The van der Waals surface area contributed by atoms with Crippen LogP contribution < -0.4 is 15.6 Å². The topological polar surface area (TPSA) is 76.5 Å². The molecule has 1 unspecified atom stereocenters.